The summed E-state index contributed by atoms with van der Waals surface area (Å²) in [4.78, 5) is 13.4. The van der Waals surface area contributed by atoms with E-state index in [1.54, 1.807) is 12.1 Å². The second-order valence-corrected chi connectivity index (χ2v) is 5.94. The molecule has 1 aliphatic rings. The average molecular weight is 293 g/mol. The van der Waals surface area contributed by atoms with Crippen LogP contribution in [0.3, 0.4) is 0 Å². The lowest BCUT2D eigenvalue weighted by Crippen LogP contribution is -2.33. The molecule has 0 atom stereocenters. The zero-order chi connectivity index (χ0) is 15.2. The second-order valence-electron chi connectivity index (χ2n) is 5.94. The quantitative estimate of drug-likeness (QED) is 0.871. The fourth-order valence-electron chi connectivity index (χ4n) is 2.43. The number of amides is 1. The van der Waals surface area contributed by atoms with Crippen LogP contribution in [0.25, 0.3) is 0 Å². The van der Waals surface area contributed by atoms with Gasteiger partial charge < -0.3 is 15.5 Å². The summed E-state index contributed by atoms with van der Waals surface area (Å²) >= 11 is 0. The number of anilines is 1. The Morgan fingerprint density at radius 1 is 1.43 bits per heavy atom. The lowest BCUT2D eigenvalue weighted by Gasteiger charge is -2.22. The zero-order valence-corrected chi connectivity index (χ0v) is 12.8. The molecule has 0 aliphatic carbocycles. The first-order chi connectivity index (χ1) is 10.1. The van der Waals surface area contributed by atoms with Gasteiger partial charge in [0, 0.05) is 19.6 Å². The van der Waals surface area contributed by atoms with Crippen molar-refractivity contribution >= 4 is 11.6 Å². The maximum atomic E-state index is 14.3. The second kappa shape index (κ2) is 7.41. The fraction of sp³-hybridized carbons (Fsp3) is 0.562. The molecule has 1 aromatic carbocycles. The van der Waals surface area contributed by atoms with Gasteiger partial charge in [-0.15, -0.1) is 0 Å². The maximum absolute atomic E-state index is 14.3. The van der Waals surface area contributed by atoms with Crippen molar-refractivity contribution in [3.8, 4) is 0 Å². The Morgan fingerprint density at radius 2 is 2.24 bits per heavy atom. The van der Waals surface area contributed by atoms with Crippen LogP contribution in [0.1, 0.15) is 25.8 Å². The predicted octanol–water partition coefficient (Wildman–Crippen LogP) is 1.90. The molecular formula is C16H24FN3O. The van der Waals surface area contributed by atoms with Gasteiger partial charge in [0.15, 0.2) is 0 Å². The third-order valence-electron chi connectivity index (χ3n) is 3.50. The molecule has 1 saturated heterocycles. The molecule has 0 bridgehead atoms. The van der Waals surface area contributed by atoms with Crippen LogP contribution in [0.2, 0.25) is 0 Å². The highest BCUT2D eigenvalue weighted by Gasteiger charge is 2.18. The minimum absolute atomic E-state index is 0.0467. The van der Waals surface area contributed by atoms with E-state index in [1.807, 2.05) is 11.0 Å². The van der Waals surface area contributed by atoms with Gasteiger partial charge in [-0.05, 0) is 36.6 Å². The lowest BCUT2D eigenvalue weighted by atomic mass is 10.1. The largest absolute Gasteiger partial charge is 0.360 e. The van der Waals surface area contributed by atoms with Gasteiger partial charge in [0.1, 0.15) is 5.82 Å². The van der Waals surface area contributed by atoms with E-state index < -0.39 is 0 Å². The number of nitrogens with one attached hydrogen (secondary N) is 2. The van der Waals surface area contributed by atoms with E-state index in [2.05, 4.69) is 24.5 Å². The molecule has 1 aliphatic heterocycles. The van der Waals surface area contributed by atoms with E-state index in [0.29, 0.717) is 31.2 Å². The van der Waals surface area contributed by atoms with Crippen molar-refractivity contribution in [2.24, 2.45) is 5.92 Å². The van der Waals surface area contributed by atoms with Gasteiger partial charge in [-0.25, -0.2) is 4.39 Å². The summed E-state index contributed by atoms with van der Waals surface area (Å²) in [6.07, 6.45) is 0.836. The van der Waals surface area contributed by atoms with E-state index in [1.165, 1.54) is 0 Å². The molecule has 0 spiro atoms. The van der Waals surface area contributed by atoms with Gasteiger partial charge in [0.25, 0.3) is 0 Å². The van der Waals surface area contributed by atoms with Gasteiger partial charge in [-0.1, -0.05) is 19.9 Å². The van der Waals surface area contributed by atoms with Crippen LogP contribution in [0, 0.1) is 11.7 Å². The highest BCUT2D eigenvalue weighted by atomic mass is 19.1. The summed E-state index contributed by atoms with van der Waals surface area (Å²) in [7, 11) is 0. The van der Waals surface area contributed by atoms with Crippen molar-refractivity contribution in [1.29, 1.82) is 0 Å². The third kappa shape index (κ3) is 4.70. The van der Waals surface area contributed by atoms with Crippen molar-refractivity contribution in [3.63, 3.8) is 0 Å². The molecule has 116 valence electrons. The van der Waals surface area contributed by atoms with Gasteiger partial charge >= 0.3 is 0 Å². The Bertz CT molecular complexity index is 490. The number of carbonyl (C=O) groups is 1. The number of carbonyl (C=O) groups excluding carboxylic acids is 1. The monoisotopic (exact) mass is 293 g/mol. The first-order valence-corrected chi connectivity index (χ1v) is 7.57. The number of hydrogen-bond acceptors (Lipinski definition) is 3. The van der Waals surface area contributed by atoms with E-state index >= 15 is 0 Å². The molecule has 0 saturated carbocycles. The van der Waals surface area contributed by atoms with E-state index in [-0.39, 0.29) is 18.3 Å². The summed E-state index contributed by atoms with van der Waals surface area (Å²) in [6.45, 7) is 7.43. The van der Waals surface area contributed by atoms with Crippen molar-refractivity contribution in [2.45, 2.75) is 26.8 Å². The zero-order valence-electron chi connectivity index (χ0n) is 12.8. The van der Waals surface area contributed by atoms with Crippen molar-refractivity contribution in [1.82, 2.24) is 10.6 Å². The van der Waals surface area contributed by atoms with Gasteiger partial charge in [0.2, 0.25) is 5.91 Å². The van der Waals surface area contributed by atoms with Crippen LogP contribution in [0.15, 0.2) is 18.2 Å². The molecule has 21 heavy (non-hydrogen) atoms. The standard InChI is InChI=1S/C16H24FN3O/c1-12(2)9-18-10-13-4-5-15(14(17)8-13)20-7-3-6-19-16(21)11-20/h4-5,8,12,18H,3,6-7,9-11H2,1-2H3,(H,19,21). The Balaban J connectivity index is 2.02. The van der Waals surface area contributed by atoms with E-state index in [9.17, 15) is 9.18 Å². The molecule has 1 fully saturated rings. The van der Waals surface area contributed by atoms with Gasteiger partial charge in [-0.3, -0.25) is 4.79 Å². The van der Waals surface area contributed by atoms with Crippen LogP contribution in [0.5, 0.6) is 0 Å². The summed E-state index contributed by atoms with van der Waals surface area (Å²) in [6, 6.07) is 5.26. The number of nitrogens with zero attached hydrogens (tertiary/aromatic N) is 1. The first kappa shape index (κ1) is 15.8. The minimum Gasteiger partial charge on any atom is -0.360 e. The minimum atomic E-state index is -0.256. The molecule has 0 radical (unpaired) electrons. The summed E-state index contributed by atoms with van der Waals surface area (Å²) < 4.78 is 14.3. The van der Waals surface area contributed by atoms with Crippen molar-refractivity contribution in [3.05, 3.63) is 29.6 Å². The van der Waals surface area contributed by atoms with E-state index in [4.69, 9.17) is 0 Å². The normalized spacial score (nSPS) is 16.0. The van der Waals surface area contributed by atoms with Gasteiger partial charge in [-0.2, -0.15) is 0 Å². The molecular weight excluding hydrogens is 269 g/mol. The molecule has 0 unspecified atom stereocenters. The number of benzene rings is 1. The van der Waals surface area contributed by atoms with Crippen molar-refractivity contribution < 1.29 is 9.18 Å². The number of hydrogen-bond donors (Lipinski definition) is 2. The molecule has 5 heteroatoms. The third-order valence-corrected chi connectivity index (χ3v) is 3.50. The smallest absolute Gasteiger partial charge is 0.239 e. The molecule has 2 rings (SSSR count). The number of halogens is 1. The molecule has 4 nitrogen and oxygen atoms in total. The summed E-state index contributed by atoms with van der Waals surface area (Å²) in [5.74, 6) is 0.271. The van der Waals surface area contributed by atoms with Crippen LogP contribution in [0.4, 0.5) is 10.1 Å². The Hall–Kier alpha value is -1.62. The maximum Gasteiger partial charge on any atom is 0.239 e. The predicted molar refractivity (Wildman–Crippen MR) is 82.8 cm³/mol. The Labute approximate surface area is 125 Å². The van der Waals surface area contributed by atoms with Crippen LogP contribution >= 0.6 is 0 Å². The highest BCUT2D eigenvalue weighted by molar-refractivity contribution is 5.81. The molecule has 1 aromatic rings. The first-order valence-electron chi connectivity index (χ1n) is 7.57. The Kier molecular flexibility index (Phi) is 5.56. The van der Waals surface area contributed by atoms with Crippen LogP contribution in [-0.2, 0) is 11.3 Å². The topological polar surface area (TPSA) is 44.4 Å². The van der Waals surface area contributed by atoms with E-state index in [0.717, 1.165) is 18.5 Å². The SMILES string of the molecule is CC(C)CNCc1ccc(N2CCCNC(=O)C2)c(F)c1. The summed E-state index contributed by atoms with van der Waals surface area (Å²) in [5.41, 5.74) is 1.44. The molecule has 1 amide bonds. The number of rotatable bonds is 5. The Morgan fingerprint density at radius 3 is 2.95 bits per heavy atom. The lowest BCUT2D eigenvalue weighted by molar-refractivity contribution is -0.119. The van der Waals surface area contributed by atoms with Gasteiger partial charge in [0.05, 0.1) is 12.2 Å². The highest BCUT2D eigenvalue weighted by Crippen LogP contribution is 2.21. The molecule has 2 N–H and O–H groups in total. The molecule has 1 heterocycles. The molecule has 0 aromatic heterocycles. The summed E-state index contributed by atoms with van der Waals surface area (Å²) in [5, 5.41) is 6.10. The van der Waals surface area contributed by atoms with Crippen LogP contribution in [-0.4, -0.2) is 32.1 Å². The van der Waals surface area contributed by atoms with Crippen LogP contribution < -0.4 is 15.5 Å². The fourth-order valence-corrected chi connectivity index (χ4v) is 2.43. The van der Waals surface area contributed by atoms with Crippen molar-refractivity contribution in [2.75, 3.05) is 31.1 Å². The average Bonchev–Trinajstić information content (AvgIpc) is 2.63.